The van der Waals surface area contributed by atoms with Crippen LogP contribution in [0.15, 0.2) is 88.8 Å². The predicted molar refractivity (Wildman–Crippen MR) is 147 cm³/mol. The molecular formula is C29H25N3O4S. The predicted octanol–water partition coefficient (Wildman–Crippen LogP) is 5.77. The van der Waals surface area contributed by atoms with E-state index in [0.29, 0.717) is 35.4 Å². The summed E-state index contributed by atoms with van der Waals surface area (Å²) in [5.74, 6) is 1.51. The average molecular weight is 512 g/mol. The van der Waals surface area contributed by atoms with Crippen molar-refractivity contribution in [3.63, 3.8) is 0 Å². The number of benzene rings is 3. The molecule has 3 aromatic carbocycles. The highest BCUT2D eigenvalue weighted by Crippen LogP contribution is 2.37. The summed E-state index contributed by atoms with van der Waals surface area (Å²) in [7, 11) is 1.56. The van der Waals surface area contributed by atoms with Gasteiger partial charge in [-0.25, -0.2) is 0 Å². The van der Waals surface area contributed by atoms with Crippen LogP contribution in [0.4, 0.5) is 0 Å². The van der Waals surface area contributed by atoms with Crippen LogP contribution >= 0.6 is 11.8 Å². The molecule has 0 aliphatic carbocycles. The molecule has 0 fully saturated rings. The lowest BCUT2D eigenvalue weighted by Crippen LogP contribution is -2.38. The Morgan fingerprint density at radius 3 is 2.49 bits per heavy atom. The number of amidine groups is 2. The molecule has 2 heterocycles. The average Bonchev–Trinajstić information content (AvgIpc) is 3.35. The molecule has 1 N–H and O–H groups in total. The zero-order valence-corrected chi connectivity index (χ0v) is 21.2. The Bertz CT molecular complexity index is 1430. The summed E-state index contributed by atoms with van der Waals surface area (Å²) in [5.41, 5.74) is 3.85. The van der Waals surface area contributed by atoms with Gasteiger partial charge in [0.1, 0.15) is 24.8 Å². The molecule has 0 atom stereocenters. The van der Waals surface area contributed by atoms with Gasteiger partial charge in [-0.05, 0) is 48.4 Å². The van der Waals surface area contributed by atoms with Gasteiger partial charge in [-0.2, -0.15) is 4.99 Å². The Balaban J connectivity index is 1.30. The largest absolute Gasteiger partial charge is 0.493 e. The van der Waals surface area contributed by atoms with E-state index in [9.17, 15) is 4.79 Å². The van der Waals surface area contributed by atoms with Crippen molar-refractivity contribution >= 4 is 40.4 Å². The first kappa shape index (κ1) is 24.4. The van der Waals surface area contributed by atoms with Crippen molar-refractivity contribution in [1.29, 1.82) is 5.41 Å². The summed E-state index contributed by atoms with van der Waals surface area (Å²) in [6, 6.07) is 23.0. The molecule has 3 aromatic rings. The lowest BCUT2D eigenvalue weighted by atomic mass is 10.1. The number of nitrogens with one attached hydrogen (secondary N) is 1. The van der Waals surface area contributed by atoms with Gasteiger partial charge < -0.3 is 14.2 Å². The quantitative estimate of drug-likeness (QED) is 0.306. The summed E-state index contributed by atoms with van der Waals surface area (Å²) in [6.45, 7) is 2.75. The number of ether oxygens (including phenoxy) is 3. The van der Waals surface area contributed by atoms with Gasteiger partial charge in [0.15, 0.2) is 16.7 Å². The van der Waals surface area contributed by atoms with Crippen LogP contribution < -0.4 is 14.2 Å². The van der Waals surface area contributed by atoms with E-state index in [1.807, 2.05) is 73.0 Å². The molecule has 0 unspecified atom stereocenters. The highest BCUT2D eigenvalue weighted by atomic mass is 32.2. The van der Waals surface area contributed by atoms with Gasteiger partial charge >= 0.3 is 0 Å². The zero-order chi connectivity index (χ0) is 25.8. The van der Waals surface area contributed by atoms with Crippen molar-refractivity contribution < 1.29 is 19.0 Å². The third-order valence-electron chi connectivity index (χ3n) is 5.81. The van der Waals surface area contributed by atoms with Gasteiger partial charge in [0.2, 0.25) is 0 Å². The molecule has 0 bridgehead atoms. The van der Waals surface area contributed by atoms with Gasteiger partial charge in [-0.1, -0.05) is 65.9 Å². The Morgan fingerprint density at radius 2 is 1.73 bits per heavy atom. The van der Waals surface area contributed by atoms with Gasteiger partial charge in [0.25, 0.3) is 5.91 Å². The molecule has 0 radical (unpaired) electrons. The van der Waals surface area contributed by atoms with Crippen LogP contribution in [0.5, 0.6) is 17.2 Å². The highest BCUT2D eigenvalue weighted by molar-refractivity contribution is 8.17. The molecule has 37 heavy (non-hydrogen) atoms. The van der Waals surface area contributed by atoms with Gasteiger partial charge in [-0.15, -0.1) is 0 Å². The summed E-state index contributed by atoms with van der Waals surface area (Å²) in [4.78, 5) is 18.7. The number of carbonyl (C=O) groups is 1. The molecule has 0 spiro atoms. The maximum Gasteiger partial charge on any atom is 0.283 e. The Hall–Kier alpha value is -4.30. The third kappa shape index (κ3) is 5.29. The number of nitrogens with zero attached hydrogens (tertiary/aromatic N) is 2. The minimum absolute atomic E-state index is 0.0858. The van der Waals surface area contributed by atoms with Crippen molar-refractivity contribution in [3.8, 4) is 17.2 Å². The Labute approximate surface area is 219 Å². The first-order chi connectivity index (χ1) is 18.0. The lowest BCUT2D eigenvalue weighted by Gasteiger charge is -2.27. The summed E-state index contributed by atoms with van der Waals surface area (Å²) >= 11 is 1.34. The topological polar surface area (TPSA) is 84.2 Å². The van der Waals surface area contributed by atoms with Gasteiger partial charge in [0.05, 0.1) is 18.4 Å². The monoisotopic (exact) mass is 511 g/mol. The fourth-order valence-electron chi connectivity index (χ4n) is 3.92. The van der Waals surface area contributed by atoms with Crippen LogP contribution in [0, 0.1) is 12.3 Å². The van der Waals surface area contributed by atoms with Crippen LogP contribution in [-0.2, 0) is 4.79 Å². The van der Waals surface area contributed by atoms with E-state index in [1.54, 1.807) is 30.2 Å². The van der Waals surface area contributed by atoms with Crippen molar-refractivity contribution in [1.82, 2.24) is 4.90 Å². The number of hydrogen-bond acceptors (Lipinski definition) is 6. The van der Waals surface area contributed by atoms with E-state index >= 15 is 0 Å². The first-order valence-corrected chi connectivity index (χ1v) is 12.6. The molecule has 5 rings (SSSR count). The van der Waals surface area contributed by atoms with Gasteiger partial charge in [-0.3, -0.25) is 15.1 Å². The summed E-state index contributed by atoms with van der Waals surface area (Å²) in [6.07, 6.45) is 1.66. The molecule has 0 aromatic heterocycles. The van der Waals surface area contributed by atoms with E-state index in [4.69, 9.17) is 19.6 Å². The van der Waals surface area contributed by atoms with E-state index in [2.05, 4.69) is 4.99 Å². The van der Waals surface area contributed by atoms with Crippen LogP contribution in [0.3, 0.4) is 0 Å². The van der Waals surface area contributed by atoms with Crippen molar-refractivity contribution in [3.05, 3.63) is 100 Å². The molecule has 8 heteroatoms. The smallest absolute Gasteiger partial charge is 0.283 e. The maximum absolute atomic E-state index is 12.8. The number of hydrogen-bond donors (Lipinski definition) is 1. The number of amides is 1. The molecule has 2 aliphatic rings. The number of methoxy groups -OCH3 is 1. The number of aryl methyl sites for hydroxylation is 1. The lowest BCUT2D eigenvalue weighted by molar-refractivity contribution is -0.114. The molecular weight excluding hydrogens is 486 g/mol. The van der Waals surface area contributed by atoms with Gasteiger partial charge in [0, 0.05) is 5.41 Å². The summed E-state index contributed by atoms with van der Waals surface area (Å²) < 4.78 is 17.1. The van der Waals surface area contributed by atoms with E-state index in [1.165, 1.54) is 17.3 Å². The summed E-state index contributed by atoms with van der Waals surface area (Å²) in [5, 5.41) is 11.2. The second kappa shape index (κ2) is 10.8. The molecule has 186 valence electrons. The Morgan fingerprint density at radius 1 is 0.973 bits per heavy atom. The van der Waals surface area contributed by atoms with Crippen LogP contribution in [0.1, 0.15) is 16.7 Å². The highest BCUT2D eigenvalue weighted by Gasteiger charge is 2.36. The number of aliphatic imine (C=N–C) groups is 1. The van der Waals surface area contributed by atoms with Crippen molar-refractivity contribution in [2.75, 3.05) is 20.3 Å². The van der Waals surface area contributed by atoms with Crippen LogP contribution in [0.2, 0.25) is 0 Å². The molecule has 1 amide bonds. The second-order valence-electron chi connectivity index (χ2n) is 8.35. The molecule has 0 saturated carbocycles. The van der Waals surface area contributed by atoms with Crippen LogP contribution in [-0.4, -0.2) is 42.1 Å². The fraction of sp³-hybridized carbons (Fsp3) is 0.138. The zero-order valence-electron chi connectivity index (χ0n) is 20.4. The second-order valence-corrected chi connectivity index (χ2v) is 9.19. The molecule has 7 nitrogen and oxygen atoms in total. The normalized spacial score (nSPS) is 15.8. The molecule has 0 saturated heterocycles. The number of rotatable bonds is 8. The molecule has 2 aliphatic heterocycles. The minimum Gasteiger partial charge on any atom is -0.493 e. The third-order valence-corrected chi connectivity index (χ3v) is 6.64. The van der Waals surface area contributed by atoms with Crippen LogP contribution in [0.25, 0.3) is 11.8 Å². The standard InChI is InChI=1S/C29H25N3O4S/c1-19-8-11-22(12-9-19)35-14-15-36-25-13-10-20(17-26(25)34-2)16-23-27(30)32-24(21-6-4-3-5-7-21)18-37-29(32)31-28(23)33/h3-13,16-18,30H,14-15H2,1-2H3/b23-16-,30-27?. The van der Waals surface area contributed by atoms with Crippen molar-refractivity contribution in [2.45, 2.75) is 6.92 Å². The SMILES string of the molecule is COc1cc(/C=C2/C(=N)N3C(c4ccccc4)=CSC3=NC2=O)ccc1OCCOc1ccc(C)cc1. The van der Waals surface area contributed by atoms with Crippen molar-refractivity contribution in [2.24, 2.45) is 4.99 Å². The van der Waals surface area contributed by atoms with E-state index in [0.717, 1.165) is 17.0 Å². The van der Waals surface area contributed by atoms with E-state index < -0.39 is 5.91 Å². The first-order valence-electron chi connectivity index (χ1n) is 11.7. The maximum atomic E-state index is 12.8. The number of carbonyl (C=O) groups excluding carboxylic acids is 1. The number of thioether (sulfide) groups is 1. The minimum atomic E-state index is -0.445. The Kier molecular flexibility index (Phi) is 7.09. The number of fused-ring (bicyclic) bond motifs is 1. The van der Waals surface area contributed by atoms with E-state index in [-0.39, 0.29) is 11.4 Å². The fourth-order valence-corrected chi connectivity index (χ4v) is 4.81.